The minimum atomic E-state index is 0.166. The smallest absolute Gasteiger partial charge is 0.142 e. The molecule has 0 aromatic carbocycles. The molecule has 1 atom stereocenters. The quantitative estimate of drug-likeness (QED) is 0.302. The number of likely N-dealkylation sites (N-methyl/N-ethyl adjacent to an activating group) is 1. The van der Waals surface area contributed by atoms with Crippen LogP contribution in [-0.2, 0) is 0 Å². The predicted molar refractivity (Wildman–Crippen MR) is 119 cm³/mol. The first-order chi connectivity index (χ1) is 12.3. The first kappa shape index (κ1) is 24.0. The predicted octanol–water partition coefficient (Wildman–Crippen LogP) is 3.41. The van der Waals surface area contributed by atoms with E-state index in [4.69, 9.17) is 5.73 Å². The van der Waals surface area contributed by atoms with Gasteiger partial charge in [-0.2, -0.15) is 0 Å². The van der Waals surface area contributed by atoms with E-state index in [0.29, 0.717) is 18.2 Å². The first-order valence-electron chi connectivity index (χ1n) is 9.14. The average molecular weight is 355 g/mol. The highest BCUT2D eigenvalue weighted by Crippen LogP contribution is 2.13. The maximum absolute atomic E-state index is 6.33. The van der Waals surface area contributed by atoms with E-state index in [0.717, 1.165) is 11.1 Å². The highest BCUT2D eigenvalue weighted by Gasteiger charge is 2.09. The number of aliphatic imine (C=N–C) groups is 1. The average Bonchev–Trinajstić information content (AvgIpc) is 2.61. The van der Waals surface area contributed by atoms with Gasteiger partial charge >= 0.3 is 0 Å². The van der Waals surface area contributed by atoms with Crippen LogP contribution in [-0.4, -0.2) is 40.2 Å². The summed E-state index contributed by atoms with van der Waals surface area (Å²) < 4.78 is 0. The minimum absolute atomic E-state index is 0.166. The van der Waals surface area contributed by atoms with Gasteiger partial charge in [-0.15, -0.1) is 5.47 Å². The third kappa shape index (κ3) is 8.91. The molecule has 0 fully saturated rings. The molecule has 0 spiro atoms. The van der Waals surface area contributed by atoms with Crippen LogP contribution in [0.1, 0.15) is 27.7 Å². The van der Waals surface area contributed by atoms with E-state index in [1.54, 1.807) is 19.3 Å². The monoisotopic (exact) mass is 355 g/mol. The zero-order chi connectivity index (χ0) is 20.1. The second-order valence-corrected chi connectivity index (χ2v) is 6.64. The SMILES string of the molecule is C=C/C(C=NC)=C(N)\C(=C\NC(C)C(/C=C(\C)[B]C)=C/C(C)C)CNC. The third-order valence-corrected chi connectivity index (χ3v) is 3.90. The molecule has 1 radical (unpaired) electrons. The summed E-state index contributed by atoms with van der Waals surface area (Å²) in [5.41, 5.74) is 11.3. The maximum Gasteiger partial charge on any atom is 0.142 e. The van der Waals surface area contributed by atoms with Gasteiger partial charge < -0.3 is 16.4 Å². The van der Waals surface area contributed by atoms with Gasteiger partial charge in [-0.25, -0.2) is 0 Å². The Kier molecular flexibility index (Phi) is 12.2. The number of rotatable bonds is 11. The number of nitrogens with one attached hydrogen (secondary N) is 2. The van der Waals surface area contributed by atoms with Crippen molar-refractivity contribution in [2.45, 2.75) is 40.6 Å². The molecule has 0 aromatic heterocycles. The van der Waals surface area contributed by atoms with Crippen LogP contribution in [0.5, 0.6) is 0 Å². The fourth-order valence-electron chi connectivity index (χ4n) is 2.34. The van der Waals surface area contributed by atoms with Crippen molar-refractivity contribution in [2.75, 3.05) is 20.6 Å². The van der Waals surface area contributed by atoms with Crippen LogP contribution in [0.25, 0.3) is 0 Å². The van der Waals surface area contributed by atoms with Crippen molar-refractivity contribution >= 4 is 13.5 Å². The zero-order valence-corrected chi connectivity index (χ0v) is 17.6. The van der Waals surface area contributed by atoms with Crippen molar-refractivity contribution < 1.29 is 0 Å². The summed E-state index contributed by atoms with van der Waals surface area (Å²) in [6.45, 7) is 15.2. The lowest BCUT2D eigenvalue weighted by molar-refractivity contribution is 0.713. The largest absolute Gasteiger partial charge is 0.398 e. The third-order valence-electron chi connectivity index (χ3n) is 3.90. The summed E-state index contributed by atoms with van der Waals surface area (Å²) in [6.07, 6.45) is 9.94. The van der Waals surface area contributed by atoms with Gasteiger partial charge in [-0.3, -0.25) is 4.99 Å². The fourth-order valence-corrected chi connectivity index (χ4v) is 2.34. The molecule has 4 nitrogen and oxygen atoms in total. The highest BCUT2D eigenvalue weighted by molar-refractivity contribution is 6.43. The van der Waals surface area contributed by atoms with Gasteiger partial charge in [-0.1, -0.05) is 52.4 Å². The van der Waals surface area contributed by atoms with Crippen LogP contribution >= 0.6 is 0 Å². The zero-order valence-electron chi connectivity index (χ0n) is 17.6. The molecule has 0 heterocycles. The Morgan fingerprint density at radius 2 is 1.96 bits per heavy atom. The second kappa shape index (κ2) is 13.2. The van der Waals surface area contributed by atoms with E-state index in [9.17, 15) is 0 Å². The number of hydrogen-bond acceptors (Lipinski definition) is 4. The van der Waals surface area contributed by atoms with Crippen LogP contribution in [0.2, 0.25) is 6.82 Å². The Labute approximate surface area is 161 Å². The van der Waals surface area contributed by atoms with Gasteiger partial charge in [0.05, 0.1) is 0 Å². The first-order valence-corrected chi connectivity index (χ1v) is 9.14. The summed E-state index contributed by atoms with van der Waals surface area (Å²) >= 11 is 0. The topological polar surface area (TPSA) is 62.4 Å². The van der Waals surface area contributed by atoms with E-state index in [1.807, 2.05) is 13.2 Å². The Morgan fingerprint density at radius 1 is 1.31 bits per heavy atom. The van der Waals surface area contributed by atoms with Gasteiger partial charge in [0.15, 0.2) is 0 Å². The van der Waals surface area contributed by atoms with Gasteiger partial charge in [0.2, 0.25) is 0 Å². The summed E-state index contributed by atoms with van der Waals surface area (Å²) in [4.78, 5) is 4.05. The Hall–Kier alpha value is -2.01. The molecule has 0 aliphatic rings. The molecule has 0 saturated heterocycles. The maximum atomic E-state index is 6.33. The Balaban J connectivity index is 5.67. The molecule has 0 bridgehead atoms. The number of hydrogen-bond donors (Lipinski definition) is 3. The summed E-state index contributed by atoms with van der Waals surface area (Å²) in [6, 6.07) is 0.166. The van der Waals surface area contributed by atoms with Crippen molar-refractivity contribution in [3.8, 4) is 0 Å². The molecule has 143 valence electrons. The molecular weight excluding hydrogens is 319 g/mol. The van der Waals surface area contributed by atoms with E-state index in [2.05, 4.69) is 76.2 Å². The molecule has 26 heavy (non-hydrogen) atoms. The molecule has 0 aromatic rings. The molecule has 4 N–H and O–H groups in total. The number of nitrogens with zero attached hydrogens (tertiary/aromatic N) is 1. The molecule has 0 amide bonds. The molecule has 1 unspecified atom stereocenters. The molecule has 0 aliphatic carbocycles. The molecule has 0 rings (SSSR count). The van der Waals surface area contributed by atoms with Crippen LogP contribution in [0.3, 0.4) is 0 Å². The van der Waals surface area contributed by atoms with Crippen LogP contribution in [0, 0.1) is 5.92 Å². The number of nitrogens with two attached hydrogens (primary N) is 1. The van der Waals surface area contributed by atoms with Crippen molar-refractivity contribution in [3.05, 3.63) is 58.9 Å². The van der Waals surface area contributed by atoms with E-state index in [-0.39, 0.29) is 6.04 Å². The van der Waals surface area contributed by atoms with Gasteiger partial charge in [-0.05, 0) is 25.5 Å². The van der Waals surface area contributed by atoms with Crippen molar-refractivity contribution in [3.63, 3.8) is 0 Å². The van der Waals surface area contributed by atoms with E-state index >= 15 is 0 Å². The van der Waals surface area contributed by atoms with Gasteiger partial charge in [0, 0.05) is 48.9 Å². The van der Waals surface area contributed by atoms with Crippen molar-refractivity contribution in [2.24, 2.45) is 16.6 Å². The lowest BCUT2D eigenvalue weighted by Gasteiger charge is -2.18. The van der Waals surface area contributed by atoms with Gasteiger partial charge in [0.1, 0.15) is 7.28 Å². The van der Waals surface area contributed by atoms with Crippen LogP contribution in [0.4, 0.5) is 0 Å². The molecule has 5 heteroatoms. The van der Waals surface area contributed by atoms with Gasteiger partial charge in [0.25, 0.3) is 0 Å². The number of allylic oxidation sites excluding steroid dienone is 4. The van der Waals surface area contributed by atoms with E-state index in [1.165, 1.54) is 11.0 Å². The fraction of sp³-hybridized carbons (Fsp3) is 0.476. The van der Waals surface area contributed by atoms with E-state index < -0.39 is 0 Å². The summed E-state index contributed by atoms with van der Waals surface area (Å²) in [5, 5.41) is 6.65. The lowest BCUT2D eigenvalue weighted by Crippen LogP contribution is -2.26. The van der Waals surface area contributed by atoms with Crippen molar-refractivity contribution in [1.29, 1.82) is 0 Å². The standard InChI is InChI=1S/C21H36BN4/c1-9-18(12-24-7)21(23)20(13-25-8)14-26-17(5)19(10-15(2)3)11-16(4)22-6/h9-12,14-15,17,25-26H,1,13,23H2,2-8H3/b16-11+,19-10+,20-14+,21-18-,24-12?. The van der Waals surface area contributed by atoms with Crippen molar-refractivity contribution in [1.82, 2.24) is 10.6 Å². The molecule has 0 saturated carbocycles. The second-order valence-electron chi connectivity index (χ2n) is 6.64. The summed E-state index contributed by atoms with van der Waals surface area (Å²) in [5.74, 6) is 0.481. The molecule has 0 aliphatic heterocycles. The molecular formula is C21H36BN4. The van der Waals surface area contributed by atoms with Crippen LogP contribution in [0.15, 0.2) is 63.9 Å². The lowest BCUT2D eigenvalue weighted by atomic mass is 9.72. The normalized spacial score (nSPS) is 15.9. The summed E-state index contributed by atoms with van der Waals surface area (Å²) in [7, 11) is 5.74. The highest BCUT2D eigenvalue weighted by atomic mass is 14.9. The van der Waals surface area contributed by atoms with Crippen LogP contribution < -0.4 is 16.4 Å². The minimum Gasteiger partial charge on any atom is -0.398 e. The Bertz CT molecular complexity index is 595. The Morgan fingerprint density at radius 3 is 2.42 bits per heavy atom.